The molecule has 0 aliphatic carbocycles. The fourth-order valence-corrected chi connectivity index (χ4v) is 1.84. The van der Waals surface area contributed by atoms with Gasteiger partial charge in [0.05, 0.1) is 10.6 Å². The number of halogens is 1. The molecule has 2 aromatic rings. The van der Waals surface area contributed by atoms with Crippen molar-refractivity contribution < 1.29 is 9.66 Å². The molecule has 0 radical (unpaired) electrons. The highest BCUT2D eigenvalue weighted by atomic mass is 79.9. The predicted molar refractivity (Wildman–Crippen MR) is 74.3 cm³/mol. The van der Waals surface area contributed by atoms with Gasteiger partial charge in [0.2, 0.25) is 5.88 Å². The summed E-state index contributed by atoms with van der Waals surface area (Å²) < 4.78 is 6.30. The summed E-state index contributed by atoms with van der Waals surface area (Å²) in [4.78, 5) is 14.2. The standard InChI is InChI=1S/C12H10BrN3O3/c1-7-4-9(16(17)18)2-3-11(7)19-12-10(14)5-8(13)6-15-12/h2-6H,14H2,1H3. The van der Waals surface area contributed by atoms with Gasteiger partial charge in [-0.1, -0.05) is 0 Å². The molecule has 19 heavy (non-hydrogen) atoms. The van der Waals surface area contributed by atoms with Crippen LogP contribution in [0.1, 0.15) is 5.56 Å². The van der Waals surface area contributed by atoms with Crippen molar-refractivity contribution in [3.63, 3.8) is 0 Å². The number of non-ortho nitro benzene ring substituents is 1. The summed E-state index contributed by atoms with van der Waals surface area (Å²) in [5.41, 5.74) is 6.81. The molecule has 1 aromatic carbocycles. The molecule has 1 aromatic heterocycles. The number of nitrogens with two attached hydrogens (primary N) is 1. The maximum atomic E-state index is 10.6. The van der Waals surface area contributed by atoms with Crippen LogP contribution in [0, 0.1) is 17.0 Å². The largest absolute Gasteiger partial charge is 0.437 e. The zero-order valence-corrected chi connectivity index (χ0v) is 11.5. The van der Waals surface area contributed by atoms with Crippen molar-refractivity contribution in [3.8, 4) is 11.6 Å². The Hall–Kier alpha value is -2.15. The summed E-state index contributed by atoms with van der Waals surface area (Å²) in [6.45, 7) is 1.72. The van der Waals surface area contributed by atoms with Gasteiger partial charge < -0.3 is 10.5 Å². The van der Waals surface area contributed by atoms with E-state index in [2.05, 4.69) is 20.9 Å². The molecule has 0 unspecified atom stereocenters. The van der Waals surface area contributed by atoms with Crippen molar-refractivity contribution >= 4 is 27.3 Å². The monoisotopic (exact) mass is 323 g/mol. The minimum Gasteiger partial charge on any atom is -0.437 e. The summed E-state index contributed by atoms with van der Waals surface area (Å²) in [6.07, 6.45) is 1.56. The molecule has 0 saturated carbocycles. The van der Waals surface area contributed by atoms with Crippen molar-refractivity contribution in [3.05, 3.63) is 50.6 Å². The molecule has 0 amide bonds. The van der Waals surface area contributed by atoms with Crippen molar-refractivity contribution in [1.29, 1.82) is 0 Å². The van der Waals surface area contributed by atoms with Crippen LogP contribution in [-0.4, -0.2) is 9.91 Å². The van der Waals surface area contributed by atoms with Gasteiger partial charge in [0, 0.05) is 22.8 Å². The van der Waals surface area contributed by atoms with Crippen molar-refractivity contribution in [1.82, 2.24) is 4.98 Å². The number of nitrogen functional groups attached to an aromatic ring is 1. The van der Waals surface area contributed by atoms with E-state index in [-0.39, 0.29) is 11.6 Å². The fourth-order valence-electron chi connectivity index (χ4n) is 1.49. The molecule has 2 rings (SSSR count). The quantitative estimate of drug-likeness (QED) is 0.690. The van der Waals surface area contributed by atoms with E-state index in [0.717, 1.165) is 4.47 Å². The average Bonchev–Trinajstić information content (AvgIpc) is 2.34. The molecule has 0 saturated heterocycles. The van der Waals surface area contributed by atoms with Gasteiger partial charge in [0.15, 0.2) is 0 Å². The number of hydrogen-bond donors (Lipinski definition) is 1. The lowest BCUT2D eigenvalue weighted by Gasteiger charge is -2.09. The van der Waals surface area contributed by atoms with Gasteiger partial charge in [-0.2, -0.15) is 0 Å². The highest BCUT2D eigenvalue weighted by Gasteiger charge is 2.11. The van der Waals surface area contributed by atoms with Crippen molar-refractivity contribution in [2.75, 3.05) is 5.73 Å². The van der Waals surface area contributed by atoms with E-state index in [9.17, 15) is 10.1 Å². The summed E-state index contributed by atoms with van der Waals surface area (Å²) in [6, 6.07) is 6.00. The third-order valence-electron chi connectivity index (χ3n) is 2.42. The van der Waals surface area contributed by atoms with Gasteiger partial charge in [-0.05, 0) is 40.5 Å². The Morgan fingerprint density at radius 1 is 1.42 bits per heavy atom. The summed E-state index contributed by atoms with van der Waals surface area (Å²) in [5, 5.41) is 10.6. The third-order valence-corrected chi connectivity index (χ3v) is 2.86. The van der Waals surface area contributed by atoms with Crippen LogP contribution in [0.2, 0.25) is 0 Å². The first kappa shape index (κ1) is 13.3. The zero-order chi connectivity index (χ0) is 14.0. The highest BCUT2D eigenvalue weighted by molar-refractivity contribution is 9.10. The first-order valence-corrected chi connectivity index (χ1v) is 6.10. The molecule has 1 heterocycles. The Morgan fingerprint density at radius 2 is 2.16 bits per heavy atom. The maximum Gasteiger partial charge on any atom is 0.269 e. The molecule has 0 fully saturated rings. The number of nitro benzene ring substituents is 1. The molecule has 7 heteroatoms. The van der Waals surface area contributed by atoms with E-state index >= 15 is 0 Å². The van der Waals surface area contributed by atoms with Crippen molar-refractivity contribution in [2.45, 2.75) is 6.92 Å². The number of aryl methyl sites for hydroxylation is 1. The van der Waals surface area contributed by atoms with Crippen molar-refractivity contribution in [2.24, 2.45) is 0 Å². The van der Waals surface area contributed by atoms with Gasteiger partial charge in [-0.3, -0.25) is 10.1 Å². The second-order valence-electron chi connectivity index (χ2n) is 3.86. The minimum absolute atomic E-state index is 0.0154. The number of benzene rings is 1. The molecular weight excluding hydrogens is 314 g/mol. The number of aromatic nitrogens is 1. The van der Waals surface area contributed by atoms with E-state index in [1.54, 1.807) is 19.2 Å². The van der Waals surface area contributed by atoms with Crippen LogP contribution in [-0.2, 0) is 0 Å². The van der Waals surface area contributed by atoms with Gasteiger partial charge in [-0.15, -0.1) is 0 Å². The number of rotatable bonds is 3. The topological polar surface area (TPSA) is 91.3 Å². The molecule has 0 spiro atoms. The normalized spacial score (nSPS) is 10.2. The van der Waals surface area contributed by atoms with Crippen LogP contribution in [0.4, 0.5) is 11.4 Å². The van der Waals surface area contributed by atoms with E-state index in [0.29, 0.717) is 17.0 Å². The average molecular weight is 324 g/mol. The van der Waals surface area contributed by atoms with Crippen LogP contribution in [0.25, 0.3) is 0 Å². The lowest BCUT2D eigenvalue weighted by atomic mass is 10.2. The molecule has 0 aliphatic heterocycles. The second-order valence-corrected chi connectivity index (χ2v) is 4.77. The maximum absolute atomic E-state index is 10.6. The molecular formula is C12H10BrN3O3. The Labute approximate surface area is 117 Å². The molecule has 98 valence electrons. The highest BCUT2D eigenvalue weighted by Crippen LogP contribution is 2.30. The van der Waals surface area contributed by atoms with Crippen LogP contribution >= 0.6 is 15.9 Å². The van der Waals surface area contributed by atoms with E-state index in [4.69, 9.17) is 10.5 Å². The number of ether oxygens (including phenoxy) is 1. The number of nitrogens with zero attached hydrogens (tertiary/aromatic N) is 2. The number of pyridine rings is 1. The second kappa shape index (κ2) is 5.23. The van der Waals surface area contributed by atoms with Crippen LogP contribution < -0.4 is 10.5 Å². The van der Waals surface area contributed by atoms with E-state index in [1.807, 2.05) is 0 Å². The minimum atomic E-state index is -0.455. The molecule has 0 aliphatic rings. The number of anilines is 1. The van der Waals surface area contributed by atoms with Gasteiger partial charge in [0.25, 0.3) is 5.69 Å². The van der Waals surface area contributed by atoms with Gasteiger partial charge in [0.1, 0.15) is 5.75 Å². The smallest absolute Gasteiger partial charge is 0.269 e. The van der Waals surface area contributed by atoms with Gasteiger partial charge >= 0.3 is 0 Å². The molecule has 2 N–H and O–H groups in total. The van der Waals surface area contributed by atoms with E-state index < -0.39 is 4.92 Å². The number of nitro groups is 1. The predicted octanol–water partition coefficient (Wildman–Crippen LogP) is 3.44. The molecule has 0 bridgehead atoms. The van der Waals surface area contributed by atoms with Crippen LogP contribution in [0.3, 0.4) is 0 Å². The summed E-state index contributed by atoms with van der Waals surface area (Å²) in [5.74, 6) is 0.743. The lowest BCUT2D eigenvalue weighted by molar-refractivity contribution is -0.384. The van der Waals surface area contributed by atoms with Gasteiger partial charge in [-0.25, -0.2) is 4.98 Å². The third kappa shape index (κ3) is 3.00. The zero-order valence-electron chi connectivity index (χ0n) is 9.96. The molecule has 6 nitrogen and oxygen atoms in total. The Balaban J connectivity index is 2.31. The lowest BCUT2D eigenvalue weighted by Crippen LogP contribution is -1.97. The summed E-state index contributed by atoms with van der Waals surface area (Å²) in [7, 11) is 0. The SMILES string of the molecule is Cc1cc([N+](=O)[O-])ccc1Oc1ncc(Br)cc1N. The first-order chi connectivity index (χ1) is 8.97. The van der Waals surface area contributed by atoms with Crippen LogP contribution in [0.15, 0.2) is 34.9 Å². The summed E-state index contributed by atoms with van der Waals surface area (Å²) >= 11 is 3.25. The fraction of sp³-hybridized carbons (Fsp3) is 0.0833. The molecule has 0 atom stereocenters. The Bertz CT molecular complexity index is 646. The number of hydrogen-bond acceptors (Lipinski definition) is 5. The first-order valence-electron chi connectivity index (χ1n) is 5.31. The Morgan fingerprint density at radius 3 is 2.74 bits per heavy atom. The van der Waals surface area contributed by atoms with Crippen LogP contribution in [0.5, 0.6) is 11.6 Å². The van der Waals surface area contributed by atoms with E-state index in [1.165, 1.54) is 18.2 Å². The Kier molecular flexibility index (Phi) is 3.66.